The first kappa shape index (κ1) is 20.4. The number of alkyl halides is 2. The van der Waals surface area contributed by atoms with Gasteiger partial charge in [-0.3, -0.25) is 4.79 Å². The third-order valence-electron chi connectivity index (χ3n) is 3.62. The Morgan fingerprint density at radius 1 is 1.38 bits per heavy atom. The van der Waals surface area contributed by atoms with Crippen molar-refractivity contribution in [3.05, 3.63) is 80.3 Å². The first-order valence-corrected chi connectivity index (χ1v) is 8.84. The third-order valence-corrected chi connectivity index (χ3v) is 4.17. The van der Waals surface area contributed by atoms with E-state index in [2.05, 4.69) is 25.8 Å². The van der Waals surface area contributed by atoms with Gasteiger partial charge in [-0.2, -0.15) is 13.5 Å². The molecule has 2 aromatic heterocycles. The van der Waals surface area contributed by atoms with Crippen molar-refractivity contribution >= 4 is 33.6 Å². The van der Waals surface area contributed by atoms with Gasteiger partial charge in [0, 0.05) is 5.56 Å². The minimum absolute atomic E-state index is 0.112. The summed E-state index contributed by atoms with van der Waals surface area (Å²) < 4.78 is 35.9. The average molecular weight is 468 g/mol. The lowest BCUT2D eigenvalue weighted by Gasteiger charge is -2.04. The number of carbonyl (C=O) groups excluding carboxylic acids is 1. The van der Waals surface area contributed by atoms with Gasteiger partial charge < -0.3 is 19.3 Å². The first-order valence-electron chi connectivity index (χ1n) is 8.05. The van der Waals surface area contributed by atoms with Crippen molar-refractivity contribution in [1.29, 1.82) is 0 Å². The van der Waals surface area contributed by atoms with Crippen LogP contribution < -0.4 is 4.74 Å². The van der Waals surface area contributed by atoms with Crippen molar-refractivity contribution in [2.24, 2.45) is 0 Å². The molecule has 0 aliphatic carbocycles. The molecule has 8 nitrogen and oxygen atoms in total. The van der Waals surface area contributed by atoms with Gasteiger partial charge in [0.15, 0.2) is 5.78 Å². The number of allylic oxidation sites excluding steroid dienone is 1. The number of ketones is 1. The van der Waals surface area contributed by atoms with Crippen LogP contribution in [-0.4, -0.2) is 27.1 Å². The van der Waals surface area contributed by atoms with E-state index in [0.717, 1.165) is 0 Å². The lowest BCUT2D eigenvalue weighted by atomic mass is 10.1. The lowest BCUT2D eigenvalue weighted by Crippen LogP contribution is -2.03. The molecule has 0 radical (unpaired) electrons. The molecule has 0 bridgehead atoms. The summed E-state index contributed by atoms with van der Waals surface area (Å²) in [6.07, 6.45) is 4.11. The first-order chi connectivity index (χ1) is 13.8. The molecule has 1 aromatic carbocycles. The topological polar surface area (TPSA) is 100 Å². The molecule has 3 aromatic rings. The van der Waals surface area contributed by atoms with E-state index in [1.54, 1.807) is 12.1 Å². The highest BCUT2D eigenvalue weighted by Crippen LogP contribution is 2.23. The van der Waals surface area contributed by atoms with Gasteiger partial charge in [-0.25, -0.2) is 0 Å². The zero-order chi connectivity index (χ0) is 21.0. The zero-order valence-electron chi connectivity index (χ0n) is 14.5. The second-order valence-electron chi connectivity index (χ2n) is 5.66. The number of nitro groups is 1. The monoisotopic (exact) mass is 467 g/mol. The van der Waals surface area contributed by atoms with E-state index >= 15 is 0 Å². The molecule has 0 aliphatic heterocycles. The summed E-state index contributed by atoms with van der Waals surface area (Å²) in [5.41, 5.74) is 0.180. The molecule has 0 fully saturated rings. The third kappa shape index (κ3) is 5.35. The molecule has 3 rings (SSSR count). The SMILES string of the molecule is O=C(/C=C/c1ccc(Cn2cc(Br)c([N+](=O)[O-])n2)o1)c1cccc(OC(F)F)c1. The van der Waals surface area contributed by atoms with E-state index in [1.165, 1.54) is 47.3 Å². The van der Waals surface area contributed by atoms with Crippen LogP contribution in [0.5, 0.6) is 5.75 Å². The molecule has 0 saturated carbocycles. The number of furan rings is 1. The maximum absolute atomic E-state index is 12.3. The van der Waals surface area contributed by atoms with Gasteiger partial charge in [0.1, 0.15) is 28.3 Å². The standard InChI is InChI=1S/C18H12BrF2N3O5/c19-15-10-23(22-17(15)24(26)27)9-14-5-4-12(28-14)6-7-16(25)11-2-1-3-13(8-11)29-18(20)21/h1-8,10,18H,9H2/b7-6+. The fourth-order valence-electron chi connectivity index (χ4n) is 2.40. The van der Waals surface area contributed by atoms with Crippen molar-refractivity contribution in [3.8, 4) is 5.75 Å². The Morgan fingerprint density at radius 2 is 2.17 bits per heavy atom. The number of benzene rings is 1. The lowest BCUT2D eigenvalue weighted by molar-refractivity contribution is -0.390. The highest BCUT2D eigenvalue weighted by molar-refractivity contribution is 9.10. The van der Waals surface area contributed by atoms with Crippen molar-refractivity contribution < 1.29 is 27.7 Å². The van der Waals surface area contributed by atoms with Gasteiger partial charge in [0.05, 0.1) is 11.3 Å². The summed E-state index contributed by atoms with van der Waals surface area (Å²) in [5, 5.41) is 14.7. The molecule has 0 saturated heterocycles. The summed E-state index contributed by atoms with van der Waals surface area (Å²) >= 11 is 3.06. The number of hydrogen-bond donors (Lipinski definition) is 0. The number of aromatic nitrogens is 2. The Balaban J connectivity index is 1.66. The van der Waals surface area contributed by atoms with E-state index in [-0.39, 0.29) is 28.1 Å². The second-order valence-corrected chi connectivity index (χ2v) is 6.52. The van der Waals surface area contributed by atoms with Crippen molar-refractivity contribution in [3.63, 3.8) is 0 Å². The number of halogens is 3. The smallest absolute Gasteiger partial charge is 0.404 e. The average Bonchev–Trinajstić information content (AvgIpc) is 3.25. The van der Waals surface area contributed by atoms with Crippen LogP contribution in [0.4, 0.5) is 14.6 Å². The molecule has 0 N–H and O–H groups in total. The Hall–Kier alpha value is -3.34. The van der Waals surface area contributed by atoms with Gasteiger partial charge in [-0.1, -0.05) is 12.1 Å². The second kappa shape index (κ2) is 8.78. The molecule has 11 heteroatoms. The Bertz CT molecular complexity index is 1080. The van der Waals surface area contributed by atoms with E-state index in [9.17, 15) is 23.7 Å². The fraction of sp³-hybridized carbons (Fsp3) is 0.111. The van der Waals surface area contributed by atoms with Crippen LogP contribution in [0.3, 0.4) is 0 Å². The molecule has 2 heterocycles. The molecule has 0 amide bonds. The van der Waals surface area contributed by atoms with E-state index in [0.29, 0.717) is 11.5 Å². The van der Waals surface area contributed by atoms with E-state index in [4.69, 9.17) is 4.42 Å². The maximum Gasteiger partial charge on any atom is 0.404 e. The van der Waals surface area contributed by atoms with Crippen LogP contribution in [0.2, 0.25) is 0 Å². The fourth-order valence-corrected chi connectivity index (χ4v) is 2.86. The normalized spacial score (nSPS) is 11.3. The molecular formula is C18H12BrF2N3O5. The Morgan fingerprint density at radius 3 is 2.86 bits per heavy atom. The highest BCUT2D eigenvalue weighted by atomic mass is 79.9. The number of ether oxygens (including phenoxy) is 1. The van der Waals surface area contributed by atoms with Crippen LogP contribution in [0.15, 0.2) is 57.6 Å². The Kier molecular flexibility index (Phi) is 6.17. The molecule has 0 unspecified atom stereocenters. The van der Waals surface area contributed by atoms with Gasteiger partial charge in [0.2, 0.25) is 0 Å². The predicted octanol–water partition coefficient (Wildman–Crippen LogP) is 4.69. The molecule has 0 spiro atoms. The van der Waals surface area contributed by atoms with Crippen molar-refractivity contribution in [2.45, 2.75) is 13.2 Å². The zero-order valence-corrected chi connectivity index (χ0v) is 16.1. The number of carbonyl (C=O) groups is 1. The van der Waals surface area contributed by atoms with Gasteiger partial charge in [0.25, 0.3) is 0 Å². The summed E-state index contributed by atoms with van der Waals surface area (Å²) in [6.45, 7) is -2.82. The van der Waals surface area contributed by atoms with E-state index in [1.807, 2.05) is 0 Å². The minimum Gasteiger partial charge on any atom is -0.460 e. The van der Waals surface area contributed by atoms with Crippen molar-refractivity contribution in [2.75, 3.05) is 0 Å². The summed E-state index contributed by atoms with van der Waals surface area (Å²) in [7, 11) is 0. The van der Waals surface area contributed by atoms with E-state index < -0.39 is 17.3 Å². The highest BCUT2D eigenvalue weighted by Gasteiger charge is 2.19. The largest absolute Gasteiger partial charge is 0.460 e. The molecule has 0 aliphatic rings. The van der Waals surface area contributed by atoms with Crippen LogP contribution >= 0.6 is 15.9 Å². The minimum atomic E-state index is -2.98. The summed E-state index contributed by atoms with van der Waals surface area (Å²) in [6, 6.07) is 8.70. The number of rotatable bonds is 8. The van der Waals surface area contributed by atoms with Gasteiger partial charge >= 0.3 is 12.4 Å². The summed E-state index contributed by atoms with van der Waals surface area (Å²) in [4.78, 5) is 22.4. The van der Waals surface area contributed by atoms with Crippen LogP contribution in [0, 0.1) is 10.1 Å². The van der Waals surface area contributed by atoms with Crippen LogP contribution in [-0.2, 0) is 6.54 Å². The van der Waals surface area contributed by atoms with Gasteiger partial charge in [-0.15, -0.1) is 0 Å². The Labute approximate surface area is 170 Å². The molecule has 29 heavy (non-hydrogen) atoms. The maximum atomic E-state index is 12.3. The molecular weight excluding hydrogens is 456 g/mol. The molecule has 150 valence electrons. The summed E-state index contributed by atoms with van der Waals surface area (Å²) in [5.74, 6) is -0.00276. The van der Waals surface area contributed by atoms with Crippen molar-refractivity contribution in [1.82, 2.24) is 9.78 Å². The predicted molar refractivity (Wildman–Crippen MR) is 101 cm³/mol. The van der Waals surface area contributed by atoms with Crippen LogP contribution in [0.1, 0.15) is 21.9 Å². The number of hydrogen-bond acceptors (Lipinski definition) is 6. The van der Waals surface area contributed by atoms with Crippen LogP contribution in [0.25, 0.3) is 6.08 Å². The quantitative estimate of drug-likeness (QED) is 0.206. The number of nitrogens with zero attached hydrogens (tertiary/aromatic N) is 3. The van der Waals surface area contributed by atoms with Gasteiger partial charge in [-0.05, 0) is 57.3 Å². The molecule has 0 atom stereocenters.